The first-order valence-electron chi connectivity index (χ1n) is 0. The standard InChI is InChI=1S/Ca.5ClH.Pr/h;5*1H;/q+2;;;;;;+3/p-5. The van der Waals surface area contributed by atoms with Gasteiger partial charge in [-0.15, -0.1) is 0 Å². The molecule has 0 unspecified atom stereocenters. The van der Waals surface area contributed by atoms with Crippen LogP contribution in [-0.2, 0) is 0 Å². The first-order chi connectivity index (χ1) is 0. The van der Waals surface area contributed by atoms with Gasteiger partial charge in [0.1, 0.15) is 0 Å². The van der Waals surface area contributed by atoms with E-state index in [4.69, 9.17) is 0 Å². The monoisotopic (exact) mass is 356 g/mol. The molecular weight excluding hydrogens is 358 g/mol. The molecule has 0 aliphatic rings. The predicted molar refractivity (Wildman–Crippen MR) is 5.75 cm³/mol. The smallest absolute Gasteiger partial charge is 1.00 e. The van der Waals surface area contributed by atoms with Gasteiger partial charge in [0.15, 0.2) is 0 Å². The van der Waals surface area contributed by atoms with E-state index in [1.165, 1.54) is 0 Å². The van der Waals surface area contributed by atoms with Gasteiger partial charge in [-0.05, 0) is 0 Å². The SMILES string of the molecule is [Ca+2].[Cl-].[Cl-].[Cl-].[Cl-].[Cl-].[Pr+3]. The zero-order chi connectivity index (χ0) is 0. The van der Waals surface area contributed by atoms with E-state index in [2.05, 4.69) is 0 Å². The van der Waals surface area contributed by atoms with Gasteiger partial charge in [-0.3, -0.25) is 0 Å². The summed E-state index contributed by atoms with van der Waals surface area (Å²) in [6.45, 7) is 0. The Labute approximate surface area is 138 Å². The van der Waals surface area contributed by atoms with Gasteiger partial charge in [0, 0.05) is 0 Å². The normalized spacial score (nSPS) is 0. The molecule has 0 aromatic carbocycles. The van der Waals surface area contributed by atoms with E-state index in [1.807, 2.05) is 0 Å². The van der Waals surface area contributed by atoms with Crippen LogP contribution in [0.4, 0.5) is 0 Å². The quantitative estimate of drug-likeness (QED) is 0.378. The molecule has 0 atom stereocenters. The molecule has 0 heterocycles. The fraction of sp³-hybridized carbons (Fsp3) is 0. The van der Waals surface area contributed by atoms with Crippen molar-refractivity contribution in [1.82, 2.24) is 0 Å². The average Bonchev–Trinajstić information content (AvgIpc) is 0. The summed E-state index contributed by atoms with van der Waals surface area (Å²) in [6, 6.07) is 0. The molecule has 40 valence electrons. The molecule has 0 bridgehead atoms. The summed E-state index contributed by atoms with van der Waals surface area (Å²) in [5.41, 5.74) is 0. The maximum absolute atomic E-state index is 0. The first-order valence-corrected chi connectivity index (χ1v) is 0. The summed E-state index contributed by atoms with van der Waals surface area (Å²) < 4.78 is 0. The molecule has 0 saturated carbocycles. The van der Waals surface area contributed by atoms with Crippen molar-refractivity contribution >= 4 is 37.7 Å². The van der Waals surface area contributed by atoms with Crippen molar-refractivity contribution in [3.63, 3.8) is 0 Å². The van der Waals surface area contributed by atoms with Gasteiger partial charge < -0.3 is 62.0 Å². The predicted octanol–water partition coefficient (Wildman–Crippen LogP) is -15.4. The summed E-state index contributed by atoms with van der Waals surface area (Å²) in [5, 5.41) is 0. The Morgan fingerprint density at radius 3 is 0.429 bits per heavy atom. The number of rotatable bonds is 0. The maximum atomic E-state index is 0. The fourth-order valence-corrected chi connectivity index (χ4v) is 0. The second-order valence-corrected chi connectivity index (χ2v) is 0. The Bertz CT molecular complexity index is 8.04. The fourth-order valence-electron chi connectivity index (χ4n) is 0. The van der Waals surface area contributed by atoms with Crippen LogP contribution in [0, 0.1) is 41.3 Å². The van der Waals surface area contributed by atoms with E-state index in [0.29, 0.717) is 0 Å². The molecule has 0 aliphatic carbocycles. The minimum Gasteiger partial charge on any atom is -1.00 e. The van der Waals surface area contributed by atoms with Crippen molar-refractivity contribution in [2.45, 2.75) is 0 Å². The number of hydrogen-bond acceptors (Lipinski definition) is 0. The number of hydrogen-bond donors (Lipinski definition) is 0. The molecule has 0 aromatic rings. The van der Waals surface area contributed by atoms with E-state index in [0.717, 1.165) is 0 Å². The number of halogens is 5. The molecule has 0 N–H and O–H groups in total. The van der Waals surface area contributed by atoms with Crippen LogP contribution in [0.5, 0.6) is 0 Å². The van der Waals surface area contributed by atoms with Gasteiger partial charge in [-0.25, -0.2) is 0 Å². The van der Waals surface area contributed by atoms with E-state index >= 15 is 0 Å². The van der Waals surface area contributed by atoms with Crippen molar-refractivity contribution in [2.24, 2.45) is 0 Å². The van der Waals surface area contributed by atoms with Crippen LogP contribution < -0.4 is 62.0 Å². The van der Waals surface area contributed by atoms with Crippen LogP contribution in [0.15, 0.2) is 0 Å². The Hall–Kier alpha value is 4.07. The molecular formula is CaCl5Pr. The van der Waals surface area contributed by atoms with Crippen LogP contribution in [0.3, 0.4) is 0 Å². The second-order valence-electron chi connectivity index (χ2n) is 0. The van der Waals surface area contributed by atoms with E-state index in [9.17, 15) is 0 Å². The van der Waals surface area contributed by atoms with Crippen molar-refractivity contribution < 1.29 is 103 Å². The van der Waals surface area contributed by atoms with Crippen LogP contribution >= 0.6 is 0 Å². The summed E-state index contributed by atoms with van der Waals surface area (Å²) in [7, 11) is 0. The zero-order valence-corrected chi connectivity index (χ0v) is 12.9. The summed E-state index contributed by atoms with van der Waals surface area (Å²) in [4.78, 5) is 0. The minimum absolute atomic E-state index is 0. The molecule has 0 saturated heterocycles. The molecule has 0 spiro atoms. The topological polar surface area (TPSA) is 0 Å². The van der Waals surface area contributed by atoms with Gasteiger partial charge in [-0.1, -0.05) is 0 Å². The van der Waals surface area contributed by atoms with Gasteiger partial charge in [0.2, 0.25) is 0 Å². The van der Waals surface area contributed by atoms with Crippen LogP contribution in [0.1, 0.15) is 0 Å². The summed E-state index contributed by atoms with van der Waals surface area (Å²) >= 11 is 0. The van der Waals surface area contributed by atoms with Gasteiger partial charge in [0.05, 0.1) is 0 Å². The average molecular weight is 358 g/mol. The first kappa shape index (κ1) is 67.7. The Balaban J connectivity index is 0. The maximum Gasteiger partial charge on any atom is 3.00 e. The van der Waals surface area contributed by atoms with E-state index in [1.54, 1.807) is 0 Å². The molecule has 0 rings (SSSR count). The van der Waals surface area contributed by atoms with Crippen LogP contribution in [0.2, 0.25) is 0 Å². The molecule has 7 heteroatoms. The minimum atomic E-state index is 0. The van der Waals surface area contributed by atoms with Crippen LogP contribution in [0.25, 0.3) is 0 Å². The van der Waals surface area contributed by atoms with Gasteiger partial charge in [-0.2, -0.15) is 0 Å². The largest absolute Gasteiger partial charge is 3.00 e. The Morgan fingerprint density at radius 2 is 0.429 bits per heavy atom. The van der Waals surface area contributed by atoms with Gasteiger partial charge in [0.25, 0.3) is 0 Å². The molecule has 0 nitrogen and oxygen atoms in total. The third-order valence-corrected chi connectivity index (χ3v) is 0. The third-order valence-electron chi connectivity index (χ3n) is 0. The van der Waals surface area contributed by atoms with E-state index < -0.39 is 0 Å². The van der Waals surface area contributed by atoms with Crippen molar-refractivity contribution in [2.75, 3.05) is 0 Å². The molecule has 0 radical (unpaired) electrons. The molecule has 7 heavy (non-hydrogen) atoms. The summed E-state index contributed by atoms with van der Waals surface area (Å²) in [5.74, 6) is 0. The zero-order valence-electron chi connectivity index (χ0n) is 3.17. The van der Waals surface area contributed by atoms with Crippen molar-refractivity contribution in [1.29, 1.82) is 0 Å². The van der Waals surface area contributed by atoms with Crippen molar-refractivity contribution in [3.05, 3.63) is 0 Å². The molecule has 0 fully saturated rings. The molecule has 0 aliphatic heterocycles. The van der Waals surface area contributed by atoms with Crippen LogP contribution in [-0.4, -0.2) is 37.7 Å². The third kappa shape index (κ3) is 39.6. The molecule has 0 aromatic heterocycles. The Morgan fingerprint density at radius 1 is 0.429 bits per heavy atom. The van der Waals surface area contributed by atoms with Crippen molar-refractivity contribution in [3.8, 4) is 0 Å². The molecule has 0 amide bonds. The second kappa shape index (κ2) is 50.0. The summed E-state index contributed by atoms with van der Waals surface area (Å²) in [6.07, 6.45) is 0. The Kier molecular flexibility index (Phi) is 484. The van der Waals surface area contributed by atoms with Gasteiger partial charge >= 0.3 is 79.0 Å². The van der Waals surface area contributed by atoms with E-state index in [-0.39, 0.29) is 141 Å².